The molecular formula is C17H15Cl2N3OS2. The Labute approximate surface area is 164 Å². The molecule has 0 spiro atoms. The minimum Gasteiger partial charge on any atom is -0.283 e. The zero-order valence-corrected chi connectivity index (χ0v) is 16.5. The average molecular weight is 412 g/mol. The highest BCUT2D eigenvalue weighted by atomic mass is 35.5. The van der Waals surface area contributed by atoms with Crippen LogP contribution in [-0.2, 0) is 13.0 Å². The van der Waals surface area contributed by atoms with Crippen LogP contribution in [0, 0.1) is 0 Å². The average Bonchev–Trinajstić information content (AvgIpc) is 3.27. The summed E-state index contributed by atoms with van der Waals surface area (Å²) in [6.07, 6.45) is 2.51. The Morgan fingerprint density at radius 2 is 2.04 bits per heavy atom. The van der Waals surface area contributed by atoms with Crippen molar-refractivity contribution >= 4 is 62.0 Å². The van der Waals surface area contributed by atoms with E-state index in [1.54, 1.807) is 23.2 Å². The van der Waals surface area contributed by atoms with Crippen molar-refractivity contribution in [2.45, 2.75) is 19.9 Å². The molecule has 0 saturated heterocycles. The number of amides is 2. The van der Waals surface area contributed by atoms with Gasteiger partial charge in [-0.25, -0.2) is 9.78 Å². The van der Waals surface area contributed by atoms with Crippen LogP contribution in [0.3, 0.4) is 0 Å². The fourth-order valence-electron chi connectivity index (χ4n) is 2.33. The molecule has 2 heterocycles. The molecule has 1 aromatic carbocycles. The number of aromatic nitrogens is 1. The van der Waals surface area contributed by atoms with Crippen LogP contribution in [0.15, 0.2) is 41.2 Å². The minimum absolute atomic E-state index is 0.224. The van der Waals surface area contributed by atoms with Gasteiger partial charge in [-0.2, -0.15) is 0 Å². The molecule has 3 aromatic rings. The zero-order valence-electron chi connectivity index (χ0n) is 13.3. The fourth-order valence-corrected chi connectivity index (χ4v) is 4.17. The van der Waals surface area contributed by atoms with Crippen LogP contribution in [0.1, 0.15) is 18.1 Å². The molecule has 4 nitrogen and oxygen atoms in total. The largest absolute Gasteiger partial charge is 0.329 e. The zero-order chi connectivity index (χ0) is 17.8. The number of hydrogen-bond acceptors (Lipinski definition) is 4. The Bertz CT molecular complexity index is 865. The number of anilines is 2. The molecule has 2 amide bonds. The van der Waals surface area contributed by atoms with Crippen molar-refractivity contribution in [3.63, 3.8) is 0 Å². The second kappa shape index (κ2) is 8.19. The summed E-state index contributed by atoms with van der Waals surface area (Å²) in [4.78, 5) is 18.7. The summed E-state index contributed by atoms with van der Waals surface area (Å²) in [5.41, 5.74) is 2.03. The fraction of sp³-hybridized carbons (Fsp3) is 0.176. The van der Waals surface area contributed by atoms with Crippen molar-refractivity contribution in [3.8, 4) is 0 Å². The first-order valence-electron chi connectivity index (χ1n) is 7.56. The van der Waals surface area contributed by atoms with Gasteiger partial charge in [0.15, 0.2) is 5.13 Å². The molecule has 25 heavy (non-hydrogen) atoms. The molecule has 3 rings (SSSR count). The summed E-state index contributed by atoms with van der Waals surface area (Å²) in [6, 6.07) is 7.21. The Hall–Kier alpha value is -1.60. The molecule has 0 saturated carbocycles. The summed E-state index contributed by atoms with van der Waals surface area (Å²) in [7, 11) is 0. The lowest BCUT2D eigenvalue weighted by Crippen LogP contribution is -2.34. The first-order valence-corrected chi connectivity index (χ1v) is 10.1. The number of hydrogen-bond donors (Lipinski definition) is 1. The summed E-state index contributed by atoms with van der Waals surface area (Å²) in [6.45, 7) is 2.46. The van der Waals surface area contributed by atoms with Crippen molar-refractivity contribution in [3.05, 3.63) is 62.4 Å². The lowest BCUT2D eigenvalue weighted by atomic mass is 10.2. The molecule has 0 fully saturated rings. The number of nitrogens with one attached hydrogen (secondary N) is 1. The van der Waals surface area contributed by atoms with Gasteiger partial charge in [0.25, 0.3) is 0 Å². The van der Waals surface area contributed by atoms with Gasteiger partial charge in [0, 0.05) is 11.6 Å². The minimum atomic E-state index is -0.224. The number of carbonyl (C=O) groups excluding carboxylic acids is 1. The Balaban J connectivity index is 1.90. The molecule has 0 radical (unpaired) electrons. The number of thiazole rings is 1. The maximum Gasteiger partial charge on any atom is 0.329 e. The van der Waals surface area contributed by atoms with Gasteiger partial charge in [-0.1, -0.05) is 36.2 Å². The van der Waals surface area contributed by atoms with Crippen LogP contribution >= 0.6 is 45.9 Å². The molecule has 0 atom stereocenters. The summed E-state index contributed by atoms with van der Waals surface area (Å²) in [5, 5.41) is 9.12. The van der Waals surface area contributed by atoms with Crippen LogP contribution in [0.25, 0.3) is 0 Å². The van der Waals surface area contributed by atoms with E-state index >= 15 is 0 Å². The van der Waals surface area contributed by atoms with Gasteiger partial charge < -0.3 is 0 Å². The van der Waals surface area contributed by atoms with Gasteiger partial charge in [0.05, 0.1) is 16.6 Å². The molecule has 130 valence electrons. The number of urea groups is 1. The molecule has 0 aliphatic heterocycles. The SMILES string of the molecule is CCc1ccsc1N(Cc1ccc(Cl)c(Cl)c1)C(=O)Nc1nccs1. The second-order valence-corrected chi connectivity index (χ2v) is 7.81. The van der Waals surface area contributed by atoms with Crippen molar-refractivity contribution in [2.24, 2.45) is 0 Å². The van der Waals surface area contributed by atoms with Gasteiger partial charge in [0.2, 0.25) is 0 Å². The lowest BCUT2D eigenvalue weighted by molar-refractivity contribution is 0.256. The van der Waals surface area contributed by atoms with E-state index in [4.69, 9.17) is 23.2 Å². The van der Waals surface area contributed by atoms with Crippen LogP contribution in [0.2, 0.25) is 10.0 Å². The van der Waals surface area contributed by atoms with Gasteiger partial charge in [-0.3, -0.25) is 10.2 Å². The molecule has 1 N–H and O–H groups in total. The molecule has 8 heteroatoms. The molecule has 0 bridgehead atoms. The third-order valence-corrected chi connectivity index (χ3v) is 5.97. The smallest absolute Gasteiger partial charge is 0.283 e. The number of halogens is 2. The van der Waals surface area contributed by atoms with E-state index in [9.17, 15) is 4.79 Å². The first-order chi connectivity index (χ1) is 12.1. The van der Waals surface area contributed by atoms with Crippen molar-refractivity contribution in [1.29, 1.82) is 0 Å². The molecule has 0 aliphatic carbocycles. The summed E-state index contributed by atoms with van der Waals surface area (Å²) >= 11 is 15.0. The predicted octanol–water partition coefficient (Wildman–Crippen LogP) is 6.31. The number of carbonyl (C=O) groups is 1. The third-order valence-electron chi connectivity index (χ3n) is 3.57. The van der Waals surface area contributed by atoms with Crippen LogP contribution in [0.5, 0.6) is 0 Å². The number of rotatable bonds is 5. The molecular weight excluding hydrogens is 397 g/mol. The Morgan fingerprint density at radius 1 is 1.20 bits per heavy atom. The molecule has 0 unspecified atom stereocenters. The number of thiophene rings is 1. The number of aryl methyl sites for hydroxylation is 1. The monoisotopic (exact) mass is 411 g/mol. The van der Waals surface area contributed by atoms with Crippen LogP contribution in [0.4, 0.5) is 14.9 Å². The maximum absolute atomic E-state index is 12.9. The van der Waals surface area contributed by atoms with Crippen LogP contribution in [-0.4, -0.2) is 11.0 Å². The van der Waals surface area contributed by atoms with E-state index in [1.807, 2.05) is 22.9 Å². The van der Waals surface area contributed by atoms with Crippen molar-refractivity contribution < 1.29 is 4.79 Å². The number of benzene rings is 1. The van der Waals surface area contributed by atoms with E-state index in [1.165, 1.54) is 22.7 Å². The summed E-state index contributed by atoms with van der Waals surface area (Å²) < 4.78 is 0. The van der Waals surface area contributed by atoms with Gasteiger partial charge >= 0.3 is 6.03 Å². The standard InChI is InChI=1S/C17H15Cl2N3OS2/c1-2-12-5-7-24-15(12)22(17(23)21-16-20-6-8-25-16)10-11-3-4-13(18)14(19)9-11/h3-9H,2,10H2,1H3,(H,20,21,23). The highest BCUT2D eigenvalue weighted by Crippen LogP contribution is 2.31. The Morgan fingerprint density at radius 3 is 2.72 bits per heavy atom. The summed E-state index contributed by atoms with van der Waals surface area (Å²) in [5.74, 6) is 0. The molecule has 0 aliphatic rings. The highest BCUT2D eigenvalue weighted by molar-refractivity contribution is 7.14. The van der Waals surface area contributed by atoms with Gasteiger partial charge in [0.1, 0.15) is 5.00 Å². The van der Waals surface area contributed by atoms with E-state index < -0.39 is 0 Å². The molecule has 2 aromatic heterocycles. The topological polar surface area (TPSA) is 45.2 Å². The van der Waals surface area contributed by atoms with E-state index in [0.717, 1.165) is 22.5 Å². The first kappa shape index (κ1) is 18.2. The maximum atomic E-state index is 12.9. The lowest BCUT2D eigenvalue weighted by Gasteiger charge is -2.23. The van der Waals surface area contributed by atoms with Crippen LogP contribution < -0.4 is 10.2 Å². The van der Waals surface area contributed by atoms with E-state index in [0.29, 0.717) is 21.7 Å². The van der Waals surface area contributed by atoms with E-state index in [2.05, 4.69) is 17.2 Å². The quantitative estimate of drug-likeness (QED) is 0.534. The predicted molar refractivity (Wildman–Crippen MR) is 107 cm³/mol. The van der Waals surface area contributed by atoms with Gasteiger partial charge in [-0.05, 0) is 41.1 Å². The van der Waals surface area contributed by atoms with E-state index in [-0.39, 0.29) is 6.03 Å². The van der Waals surface area contributed by atoms with Crippen molar-refractivity contribution in [1.82, 2.24) is 4.98 Å². The third kappa shape index (κ3) is 4.33. The van der Waals surface area contributed by atoms with Gasteiger partial charge in [-0.15, -0.1) is 22.7 Å². The number of nitrogens with zero attached hydrogens (tertiary/aromatic N) is 2. The highest BCUT2D eigenvalue weighted by Gasteiger charge is 2.21. The van der Waals surface area contributed by atoms with Crippen molar-refractivity contribution in [2.75, 3.05) is 10.2 Å². The Kier molecular flexibility index (Phi) is 5.96. The second-order valence-electron chi connectivity index (χ2n) is 5.21. The normalized spacial score (nSPS) is 10.7.